The van der Waals surface area contributed by atoms with Crippen molar-refractivity contribution in [2.75, 3.05) is 26.2 Å². The molecule has 1 aliphatic rings. The number of sulfonamides is 1. The van der Waals surface area contributed by atoms with Crippen molar-refractivity contribution < 1.29 is 22.0 Å². The summed E-state index contributed by atoms with van der Waals surface area (Å²) in [4.78, 5) is 12.2. The Kier molecular flexibility index (Phi) is 6.36. The molecule has 1 heterocycles. The number of halogens is 2. The first-order chi connectivity index (χ1) is 12.1. The maximum Gasteiger partial charge on any atom is 0.277 e. The minimum Gasteiger partial charge on any atom is -0.350 e. The van der Waals surface area contributed by atoms with Crippen LogP contribution in [0.4, 0.5) is 8.78 Å². The van der Waals surface area contributed by atoms with Gasteiger partial charge in [-0.25, -0.2) is 17.2 Å². The second-order valence-electron chi connectivity index (χ2n) is 6.70. The van der Waals surface area contributed by atoms with E-state index in [1.54, 1.807) is 18.2 Å². The molecule has 1 aromatic rings. The molecule has 1 aliphatic heterocycles. The molecule has 3 N–H and O–H groups in total. The highest BCUT2D eigenvalue weighted by atomic mass is 32.2. The van der Waals surface area contributed by atoms with Gasteiger partial charge in [0.2, 0.25) is 15.9 Å². The molecular formula is C17H25F2N3O3S. The van der Waals surface area contributed by atoms with Gasteiger partial charge in [-0.2, -0.15) is 4.31 Å². The van der Waals surface area contributed by atoms with Gasteiger partial charge in [0, 0.05) is 19.0 Å². The fourth-order valence-corrected chi connectivity index (χ4v) is 4.37. The van der Waals surface area contributed by atoms with E-state index in [1.165, 1.54) is 4.31 Å². The lowest BCUT2D eigenvalue weighted by atomic mass is 9.97. The summed E-state index contributed by atoms with van der Waals surface area (Å²) in [6, 6.07) is 4.98. The molecule has 1 saturated heterocycles. The molecule has 26 heavy (non-hydrogen) atoms. The number of nitrogens with one attached hydrogen (secondary N) is 1. The summed E-state index contributed by atoms with van der Waals surface area (Å²) in [5.74, 6) is -4.10. The summed E-state index contributed by atoms with van der Waals surface area (Å²) in [5, 5.41) is 2.21. The second kappa shape index (κ2) is 7.98. The van der Waals surface area contributed by atoms with Crippen LogP contribution in [0.1, 0.15) is 24.0 Å². The number of aryl methyl sites for hydroxylation is 2. The monoisotopic (exact) mass is 389 g/mol. The van der Waals surface area contributed by atoms with Crippen molar-refractivity contribution in [1.82, 2.24) is 9.62 Å². The number of nitrogens with two attached hydrogens (primary N) is 1. The van der Waals surface area contributed by atoms with Crippen molar-refractivity contribution in [2.24, 2.45) is 11.7 Å². The van der Waals surface area contributed by atoms with Gasteiger partial charge in [-0.3, -0.25) is 4.79 Å². The van der Waals surface area contributed by atoms with E-state index in [4.69, 9.17) is 5.73 Å². The number of hydrogen-bond donors (Lipinski definition) is 2. The first kappa shape index (κ1) is 20.7. The van der Waals surface area contributed by atoms with Gasteiger partial charge < -0.3 is 11.1 Å². The Bertz CT molecular complexity index is 761. The van der Waals surface area contributed by atoms with E-state index in [0.29, 0.717) is 12.8 Å². The largest absolute Gasteiger partial charge is 0.350 e. The molecule has 0 aromatic heterocycles. The topological polar surface area (TPSA) is 92.5 Å². The highest BCUT2D eigenvalue weighted by molar-refractivity contribution is 7.89. The molecule has 0 aliphatic carbocycles. The fraction of sp³-hybridized carbons (Fsp3) is 0.588. The summed E-state index contributed by atoms with van der Waals surface area (Å²) < 4.78 is 53.1. The molecule has 2 rings (SSSR count). The number of amides is 1. The van der Waals surface area contributed by atoms with Gasteiger partial charge in [0.25, 0.3) is 5.92 Å². The number of alkyl halides is 2. The number of carbonyl (C=O) groups excluding carboxylic acids is 1. The van der Waals surface area contributed by atoms with Crippen LogP contribution in [0.5, 0.6) is 0 Å². The number of nitrogens with zero attached hydrogens (tertiary/aromatic N) is 1. The van der Waals surface area contributed by atoms with E-state index < -0.39 is 40.9 Å². The molecule has 0 saturated carbocycles. The minimum atomic E-state index is -3.62. The van der Waals surface area contributed by atoms with E-state index >= 15 is 0 Å². The Morgan fingerprint density at radius 2 is 1.88 bits per heavy atom. The number of hydrogen-bond acceptors (Lipinski definition) is 4. The molecule has 9 heteroatoms. The molecule has 0 spiro atoms. The maximum atomic E-state index is 13.1. The van der Waals surface area contributed by atoms with E-state index in [9.17, 15) is 22.0 Å². The standard InChI is InChI=1S/C17H25F2N3O3S/c1-12-3-4-15(9-13(12)2)26(24,25)22-7-5-14(6-8-22)16(23)21-11-17(18,19)10-20/h3-4,9,14H,5-8,10-11,20H2,1-2H3,(H,21,23). The lowest BCUT2D eigenvalue weighted by Crippen LogP contribution is -2.46. The summed E-state index contributed by atoms with van der Waals surface area (Å²) in [6.07, 6.45) is 0.591. The molecule has 146 valence electrons. The predicted molar refractivity (Wildman–Crippen MR) is 94.4 cm³/mol. The highest BCUT2D eigenvalue weighted by Gasteiger charge is 2.34. The lowest BCUT2D eigenvalue weighted by Gasteiger charge is -2.31. The van der Waals surface area contributed by atoms with Crippen LogP contribution in [0.15, 0.2) is 23.1 Å². The van der Waals surface area contributed by atoms with Crippen LogP contribution in [0.2, 0.25) is 0 Å². The molecule has 0 bridgehead atoms. The van der Waals surface area contributed by atoms with E-state index in [0.717, 1.165) is 11.1 Å². The average molecular weight is 389 g/mol. The zero-order valence-electron chi connectivity index (χ0n) is 15.0. The zero-order valence-corrected chi connectivity index (χ0v) is 15.8. The maximum absolute atomic E-state index is 13.1. The third-order valence-electron chi connectivity index (χ3n) is 4.76. The summed E-state index contributed by atoms with van der Waals surface area (Å²) >= 11 is 0. The molecule has 1 fully saturated rings. The number of rotatable bonds is 6. The first-order valence-corrected chi connectivity index (χ1v) is 9.94. The molecule has 1 amide bonds. The van der Waals surface area contributed by atoms with Gasteiger partial charge in [0.1, 0.15) is 0 Å². The molecule has 6 nitrogen and oxygen atoms in total. The van der Waals surface area contributed by atoms with E-state index in [1.807, 2.05) is 13.8 Å². The van der Waals surface area contributed by atoms with Crippen molar-refractivity contribution in [3.8, 4) is 0 Å². The summed E-state index contributed by atoms with van der Waals surface area (Å²) in [6.45, 7) is 2.48. The molecule has 0 unspecified atom stereocenters. The van der Waals surface area contributed by atoms with Crippen molar-refractivity contribution >= 4 is 15.9 Å². The van der Waals surface area contributed by atoms with Crippen LogP contribution >= 0.6 is 0 Å². The van der Waals surface area contributed by atoms with Gasteiger partial charge in [0.05, 0.1) is 18.0 Å². The normalized spacial score (nSPS) is 17.3. The van der Waals surface area contributed by atoms with E-state index in [-0.39, 0.29) is 18.0 Å². The summed E-state index contributed by atoms with van der Waals surface area (Å²) in [7, 11) is -3.62. The summed E-state index contributed by atoms with van der Waals surface area (Å²) in [5.41, 5.74) is 6.84. The van der Waals surface area contributed by atoms with Crippen LogP contribution in [0.25, 0.3) is 0 Å². The Morgan fingerprint density at radius 1 is 1.27 bits per heavy atom. The van der Waals surface area contributed by atoms with Gasteiger partial charge in [-0.1, -0.05) is 6.07 Å². The van der Waals surface area contributed by atoms with Gasteiger partial charge >= 0.3 is 0 Å². The molecule has 1 aromatic carbocycles. The van der Waals surface area contributed by atoms with E-state index in [2.05, 4.69) is 5.32 Å². The third-order valence-corrected chi connectivity index (χ3v) is 6.66. The van der Waals surface area contributed by atoms with Crippen LogP contribution in [0, 0.1) is 19.8 Å². The molecule has 0 atom stereocenters. The molecule has 0 radical (unpaired) electrons. The SMILES string of the molecule is Cc1ccc(S(=O)(=O)N2CCC(C(=O)NCC(F)(F)CN)CC2)cc1C. The smallest absolute Gasteiger partial charge is 0.277 e. The highest BCUT2D eigenvalue weighted by Crippen LogP contribution is 2.25. The third kappa shape index (κ3) is 4.77. The van der Waals surface area contributed by atoms with Crippen molar-refractivity contribution in [2.45, 2.75) is 37.5 Å². The van der Waals surface area contributed by atoms with Crippen molar-refractivity contribution in [3.63, 3.8) is 0 Å². The van der Waals surface area contributed by atoms with Gasteiger partial charge in [0.15, 0.2) is 0 Å². The van der Waals surface area contributed by atoms with Crippen molar-refractivity contribution in [1.29, 1.82) is 0 Å². The Hall–Kier alpha value is -1.58. The molecular weight excluding hydrogens is 364 g/mol. The predicted octanol–water partition coefficient (Wildman–Crippen LogP) is 1.41. The Morgan fingerprint density at radius 3 is 2.42 bits per heavy atom. The Labute approximate surface area is 152 Å². The number of benzene rings is 1. The van der Waals surface area contributed by atoms with Crippen LogP contribution in [-0.4, -0.2) is 50.7 Å². The second-order valence-corrected chi connectivity index (χ2v) is 8.64. The first-order valence-electron chi connectivity index (χ1n) is 8.50. The zero-order chi connectivity index (χ0) is 19.5. The van der Waals surface area contributed by atoms with Crippen LogP contribution < -0.4 is 11.1 Å². The quantitative estimate of drug-likeness (QED) is 0.770. The van der Waals surface area contributed by atoms with Crippen molar-refractivity contribution in [3.05, 3.63) is 29.3 Å². The number of piperidine rings is 1. The minimum absolute atomic E-state index is 0.181. The number of carbonyl (C=O) groups is 1. The average Bonchev–Trinajstić information content (AvgIpc) is 2.62. The van der Waals surface area contributed by atoms with Gasteiger partial charge in [-0.15, -0.1) is 0 Å². The lowest BCUT2D eigenvalue weighted by molar-refractivity contribution is -0.127. The Balaban J connectivity index is 1.97. The fourth-order valence-electron chi connectivity index (χ4n) is 2.81. The van der Waals surface area contributed by atoms with Crippen LogP contribution in [-0.2, 0) is 14.8 Å². The van der Waals surface area contributed by atoms with Gasteiger partial charge in [-0.05, 0) is 49.9 Å². The van der Waals surface area contributed by atoms with Crippen LogP contribution in [0.3, 0.4) is 0 Å².